The van der Waals surface area contributed by atoms with Crippen molar-refractivity contribution < 1.29 is 14.3 Å². The Morgan fingerprint density at radius 2 is 1.89 bits per heavy atom. The molecule has 1 aliphatic heterocycles. The number of morpholine rings is 1. The predicted octanol–water partition coefficient (Wildman–Crippen LogP) is 1.78. The first kappa shape index (κ1) is 12.9. The summed E-state index contributed by atoms with van der Waals surface area (Å²) in [5, 5.41) is 0. The van der Waals surface area contributed by atoms with Crippen molar-refractivity contribution in [2.24, 2.45) is 0 Å². The van der Waals surface area contributed by atoms with Crippen LogP contribution >= 0.6 is 0 Å². The minimum absolute atomic E-state index is 0.0848. The summed E-state index contributed by atoms with van der Waals surface area (Å²) in [5.41, 5.74) is 2.78. The highest BCUT2D eigenvalue weighted by Crippen LogP contribution is 2.24. The molecule has 0 aliphatic carbocycles. The fraction of sp³-hybridized carbons (Fsp3) is 0.500. The highest BCUT2D eigenvalue weighted by Gasteiger charge is 2.21. The standard InChI is InChI=1S/C14H19NO3/c1-10-11(2)13(17-3)5-4-12(10)14(16)15-6-8-18-9-7-15/h4-5H,6-9H2,1-3H3. The number of amides is 1. The van der Waals surface area contributed by atoms with E-state index in [4.69, 9.17) is 9.47 Å². The van der Waals surface area contributed by atoms with Gasteiger partial charge in [0.25, 0.3) is 5.91 Å². The maximum absolute atomic E-state index is 12.4. The number of nitrogens with zero attached hydrogens (tertiary/aromatic N) is 1. The van der Waals surface area contributed by atoms with Gasteiger partial charge >= 0.3 is 0 Å². The fourth-order valence-electron chi connectivity index (χ4n) is 2.19. The van der Waals surface area contributed by atoms with E-state index >= 15 is 0 Å². The van der Waals surface area contributed by atoms with Gasteiger partial charge in [-0.3, -0.25) is 4.79 Å². The third kappa shape index (κ3) is 2.34. The van der Waals surface area contributed by atoms with Crippen LogP contribution in [0, 0.1) is 13.8 Å². The predicted molar refractivity (Wildman–Crippen MR) is 69.2 cm³/mol. The molecule has 0 atom stereocenters. The third-order valence-corrected chi connectivity index (χ3v) is 3.49. The molecule has 2 rings (SSSR count). The van der Waals surface area contributed by atoms with Gasteiger partial charge in [-0.2, -0.15) is 0 Å². The average Bonchev–Trinajstić information content (AvgIpc) is 2.42. The molecular formula is C14H19NO3. The molecule has 0 bridgehead atoms. The van der Waals surface area contributed by atoms with Crippen molar-refractivity contribution in [3.05, 3.63) is 28.8 Å². The minimum Gasteiger partial charge on any atom is -0.496 e. The van der Waals surface area contributed by atoms with Crippen molar-refractivity contribution in [3.63, 3.8) is 0 Å². The van der Waals surface area contributed by atoms with Crippen molar-refractivity contribution >= 4 is 5.91 Å². The number of methoxy groups -OCH3 is 1. The van der Waals surface area contributed by atoms with Gasteiger partial charge < -0.3 is 14.4 Å². The Morgan fingerprint density at radius 1 is 1.22 bits per heavy atom. The summed E-state index contributed by atoms with van der Waals surface area (Å²) in [7, 11) is 1.64. The molecule has 0 N–H and O–H groups in total. The Morgan fingerprint density at radius 3 is 2.50 bits per heavy atom. The van der Waals surface area contributed by atoms with Crippen LogP contribution in [0.25, 0.3) is 0 Å². The van der Waals surface area contributed by atoms with E-state index in [-0.39, 0.29) is 5.91 Å². The van der Waals surface area contributed by atoms with Gasteiger partial charge in [-0.1, -0.05) is 0 Å². The van der Waals surface area contributed by atoms with Crippen molar-refractivity contribution in [2.75, 3.05) is 33.4 Å². The van der Waals surface area contributed by atoms with E-state index < -0.39 is 0 Å². The smallest absolute Gasteiger partial charge is 0.254 e. The zero-order valence-electron chi connectivity index (χ0n) is 11.2. The Kier molecular flexibility index (Phi) is 3.87. The lowest BCUT2D eigenvalue weighted by molar-refractivity contribution is 0.0302. The van der Waals surface area contributed by atoms with Crippen LogP contribution in [0.15, 0.2) is 12.1 Å². The van der Waals surface area contributed by atoms with Crippen LogP contribution < -0.4 is 4.74 Å². The van der Waals surface area contributed by atoms with E-state index in [0.717, 1.165) is 22.4 Å². The van der Waals surface area contributed by atoms with Crippen LogP contribution in [-0.2, 0) is 4.74 Å². The number of hydrogen-bond donors (Lipinski definition) is 0. The third-order valence-electron chi connectivity index (χ3n) is 3.49. The maximum atomic E-state index is 12.4. The number of benzene rings is 1. The molecule has 4 nitrogen and oxygen atoms in total. The quantitative estimate of drug-likeness (QED) is 0.802. The van der Waals surface area contributed by atoms with Crippen LogP contribution in [0.5, 0.6) is 5.75 Å². The first-order valence-electron chi connectivity index (χ1n) is 6.16. The van der Waals surface area contributed by atoms with Gasteiger partial charge in [-0.15, -0.1) is 0 Å². The lowest BCUT2D eigenvalue weighted by Crippen LogP contribution is -2.41. The normalized spacial score (nSPS) is 15.6. The molecule has 1 heterocycles. The molecule has 1 aromatic rings. The molecular weight excluding hydrogens is 230 g/mol. The molecule has 1 aromatic carbocycles. The SMILES string of the molecule is COc1ccc(C(=O)N2CCOCC2)c(C)c1C. The second kappa shape index (κ2) is 5.40. The number of hydrogen-bond acceptors (Lipinski definition) is 3. The lowest BCUT2D eigenvalue weighted by atomic mass is 10.0. The molecule has 98 valence electrons. The fourth-order valence-corrected chi connectivity index (χ4v) is 2.19. The Hall–Kier alpha value is -1.55. The summed E-state index contributed by atoms with van der Waals surface area (Å²) >= 11 is 0. The summed E-state index contributed by atoms with van der Waals surface area (Å²) in [4.78, 5) is 14.2. The molecule has 0 radical (unpaired) electrons. The van der Waals surface area contributed by atoms with Crippen molar-refractivity contribution in [1.82, 2.24) is 4.90 Å². The van der Waals surface area contributed by atoms with Crippen molar-refractivity contribution in [3.8, 4) is 5.75 Å². The maximum Gasteiger partial charge on any atom is 0.254 e. The van der Waals surface area contributed by atoms with Gasteiger partial charge in [0.15, 0.2) is 0 Å². The van der Waals surface area contributed by atoms with Gasteiger partial charge in [-0.25, -0.2) is 0 Å². The van der Waals surface area contributed by atoms with E-state index in [1.54, 1.807) is 7.11 Å². The van der Waals surface area contributed by atoms with Gasteiger partial charge in [0.2, 0.25) is 0 Å². The minimum atomic E-state index is 0.0848. The number of ether oxygens (including phenoxy) is 2. The molecule has 1 fully saturated rings. The zero-order chi connectivity index (χ0) is 13.1. The molecule has 1 aliphatic rings. The van der Waals surface area contributed by atoms with Crippen molar-refractivity contribution in [1.29, 1.82) is 0 Å². The average molecular weight is 249 g/mol. The molecule has 1 amide bonds. The summed E-state index contributed by atoms with van der Waals surface area (Å²) in [6.07, 6.45) is 0. The van der Waals surface area contributed by atoms with E-state index in [0.29, 0.717) is 26.3 Å². The molecule has 4 heteroatoms. The van der Waals surface area contributed by atoms with Crippen LogP contribution in [-0.4, -0.2) is 44.2 Å². The monoisotopic (exact) mass is 249 g/mol. The summed E-state index contributed by atoms with van der Waals surface area (Å²) in [6.45, 7) is 6.53. The van der Waals surface area contributed by atoms with Crippen LogP contribution in [0.4, 0.5) is 0 Å². The van der Waals surface area contributed by atoms with E-state index in [2.05, 4.69) is 0 Å². The molecule has 0 saturated carbocycles. The first-order chi connectivity index (χ1) is 8.65. The number of carbonyl (C=O) groups is 1. The Balaban J connectivity index is 2.27. The van der Waals surface area contributed by atoms with Crippen LogP contribution in [0.1, 0.15) is 21.5 Å². The number of rotatable bonds is 2. The molecule has 0 aromatic heterocycles. The van der Waals surface area contributed by atoms with Gasteiger partial charge in [0.05, 0.1) is 20.3 Å². The topological polar surface area (TPSA) is 38.8 Å². The number of carbonyl (C=O) groups excluding carboxylic acids is 1. The van der Waals surface area contributed by atoms with Gasteiger partial charge in [0, 0.05) is 18.7 Å². The summed E-state index contributed by atoms with van der Waals surface area (Å²) in [5.74, 6) is 0.910. The Labute approximate surface area is 107 Å². The van der Waals surface area contributed by atoms with Crippen molar-refractivity contribution in [2.45, 2.75) is 13.8 Å². The second-order valence-electron chi connectivity index (χ2n) is 4.47. The first-order valence-corrected chi connectivity index (χ1v) is 6.16. The molecule has 1 saturated heterocycles. The second-order valence-corrected chi connectivity index (χ2v) is 4.47. The van der Waals surface area contributed by atoms with Crippen LogP contribution in [0.2, 0.25) is 0 Å². The molecule has 18 heavy (non-hydrogen) atoms. The zero-order valence-corrected chi connectivity index (χ0v) is 11.2. The summed E-state index contributed by atoms with van der Waals surface area (Å²) in [6, 6.07) is 3.70. The molecule has 0 spiro atoms. The van der Waals surface area contributed by atoms with E-state index in [9.17, 15) is 4.79 Å². The van der Waals surface area contributed by atoms with Gasteiger partial charge in [-0.05, 0) is 37.1 Å². The van der Waals surface area contributed by atoms with Gasteiger partial charge in [0.1, 0.15) is 5.75 Å². The highest BCUT2D eigenvalue weighted by atomic mass is 16.5. The highest BCUT2D eigenvalue weighted by molar-refractivity contribution is 5.96. The lowest BCUT2D eigenvalue weighted by Gasteiger charge is -2.27. The molecule has 0 unspecified atom stereocenters. The summed E-state index contributed by atoms with van der Waals surface area (Å²) < 4.78 is 10.5. The van der Waals surface area contributed by atoms with E-state index in [1.165, 1.54) is 0 Å². The Bertz CT molecular complexity index is 451. The largest absolute Gasteiger partial charge is 0.496 e. The van der Waals surface area contributed by atoms with Crippen LogP contribution in [0.3, 0.4) is 0 Å². The van der Waals surface area contributed by atoms with E-state index in [1.807, 2.05) is 30.9 Å².